The van der Waals surface area contributed by atoms with E-state index in [1.165, 1.54) is 19.3 Å². The normalized spacial score (nSPS) is 19.9. The molecular formula is C14H26N4O. The number of nitrogens with one attached hydrogen (secondary N) is 1. The zero-order chi connectivity index (χ0) is 13.9. The second-order valence-corrected chi connectivity index (χ2v) is 5.58. The van der Waals surface area contributed by atoms with Gasteiger partial charge in [-0.25, -0.2) is 0 Å². The molecule has 2 rings (SSSR count). The van der Waals surface area contributed by atoms with Crippen LogP contribution in [0.5, 0.6) is 0 Å². The van der Waals surface area contributed by atoms with Crippen molar-refractivity contribution in [3.63, 3.8) is 0 Å². The third-order valence-electron chi connectivity index (χ3n) is 4.52. The molecule has 1 aliphatic heterocycles. The van der Waals surface area contributed by atoms with Gasteiger partial charge in [0.15, 0.2) is 0 Å². The summed E-state index contributed by atoms with van der Waals surface area (Å²) in [7, 11) is 0. The van der Waals surface area contributed by atoms with Crippen LogP contribution in [0.4, 0.5) is 6.01 Å². The minimum atomic E-state index is 0.121. The molecule has 0 radical (unpaired) electrons. The summed E-state index contributed by atoms with van der Waals surface area (Å²) in [5, 5.41) is 11.7. The molecule has 0 bridgehead atoms. The van der Waals surface area contributed by atoms with Gasteiger partial charge in [-0.15, -0.1) is 5.10 Å². The molecule has 0 aromatic carbocycles. The van der Waals surface area contributed by atoms with Crippen molar-refractivity contribution in [1.82, 2.24) is 15.5 Å². The number of aromatic nitrogens is 2. The summed E-state index contributed by atoms with van der Waals surface area (Å²) in [4.78, 5) is 2.24. The number of anilines is 1. The summed E-state index contributed by atoms with van der Waals surface area (Å²) in [5.41, 5.74) is 0.432. The lowest BCUT2D eigenvalue weighted by atomic mass is 9.82. The van der Waals surface area contributed by atoms with E-state index in [4.69, 9.17) is 4.42 Å². The second kappa shape index (κ2) is 5.90. The average molecular weight is 266 g/mol. The molecule has 1 atom stereocenters. The fraction of sp³-hybridized carbons (Fsp3) is 0.857. The smallest absolute Gasteiger partial charge is 0.318 e. The molecule has 1 N–H and O–H groups in total. The molecule has 1 fully saturated rings. The number of hydrogen-bond donors (Lipinski definition) is 1. The molecule has 1 unspecified atom stereocenters. The standard InChI is InChI=1S/C14H26N4O/c1-5-14(6-2)8-9-18(10-14)13-17-16-12(19-13)11(4)15-7-3/h11,15H,5-10H2,1-4H3. The van der Waals surface area contributed by atoms with Crippen molar-refractivity contribution < 1.29 is 4.42 Å². The van der Waals surface area contributed by atoms with Crippen molar-refractivity contribution >= 4 is 6.01 Å². The van der Waals surface area contributed by atoms with Gasteiger partial charge in [0.1, 0.15) is 0 Å². The van der Waals surface area contributed by atoms with Crippen LogP contribution in [-0.2, 0) is 0 Å². The van der Waals surface area contributed by atoms with E-state index in [1.54, 1.807) is 0 Å². The third-order valence-corrected chi connectivity index (χ3v) is 4.52. The first-order valence-electron chi connectivity index (χ1n) is 7.46. The predicted octanol–water partition coefficient (Wildman–Crippen LogP) is 2.76. The van der Waals surface area contributed by atoms with Crippen LogP contribution in [0.3, 0.4) is 0 Å². The summed E-state index contributed by atoms with van der Waals surface area (Å²) in [6.45, 7) is 11.6. The minimum absolute atomic E-state index is 0.121. The van der Waals surface area contributed by atoms with E-state index < -0.39 is 0 Å². The van der Waals surface area contributed by atoms with Crippen LogP contribution in [0.25, 0.3) is 0 Å². The van der Waals surface area contributed by atoms with Crippen LogP contribution in [0.1, 0.15) is 58.9 Å². The molecule has 19 heavy (non-hydrogen) atoms. The fourth-order valence-electron chi connectivity index (χ4n) is 2.85. The fourth-order valence-corrected chi connectivity index (χ4v) is 2.85. The van der Waals surface area contributed by atoms with Gasteiger partial charge in [-0.3, -0.25) is 0 Å². The Bertz CT molecular complexity index is 400. The zero-order valence-electron chi connectivity index (χ0n) is 12.6. The number of hydrogen-bond acceptors (Lipinski definition) is 5. The van der Waals surface area contributed by atoms with Gasteiger partial charge in [-0.1, -0.05) is 25.9 Å². The van der Waals surface area contributed by atoms with Crippen LogP contribution in [0.15, 0.2) is 4.42 Å². The molecule has 0 saturated carbocycles. The summed E-state index contributed by atoms with van der Waals surface area (Å²) in [6.07, 6.45) is 3.66. The molecule has 0 amide bonds. The summed E-state index contributed by atoms with van der Waals surface area (Å²) in [6, 6.07) is 0.805. The van der Waals surface area contributed by atoms with E-state index in [1.807, 2.05) is 6.92 Å². The van der Waals surface area contributed by atoms with Crippen molar-refractivity contribution in [2.45, 2.75) is 53.0 Å². The maximum absolute atomic E-state index is 5.81. The van der Waals surface area contributed by atoms with Gasteiger partial charge < -0.3 is 14.6 Å². The number of nitrogens with zero attached hydrogens (tertiary/aromatic N) is 3. The van der Waals surface area contributed by atoms with Crippen LogP contribution in [0.2, 0.25) is 0 Å². The quantitative estimate of drug-likeness (QED) is 0.858. The van der Waals surface area contributed by atoms with Crippen LogP contribution >= 0.6 is 0 Å². The van der Waals surface area contributed by atoms with Crippen molar-refractivity contribution in [2.75, 3.05) is 24.5 Å². The Morgan fingerprint density at radius 2 is 2.05 bits per heavy atom. The second-order valence-electron chi connectivity index (χ2n) is 5.58. The van der Waals surface area contributed by atoms with Crippen LogP contribution in [-0.4, -0.2) is 29.8 Å². The highest BCUT2D eigenvalue weighted by atomic mass is 16.4. The van der Waals surface area contributed by atoms with E-state index in [9.17, 15) is 0 Å². The van der Waals surface area contributed by atoms with Crippen LogP contribution < -0.4 is 10.2 Å². The highest BCUT2D eigenvalue weighted by Gasteiger charge is 2.37. The van der Waals surface area contributed by atoms with Gasteiger partial charge in [0, 0.05) is 13.1 Å². The Morgan fingerprint density at radius 3 is 2.63 bits per heavy atom. The molecule has 0 spiro atoms. The van der Waals surface area contributed by atoms with Crippen molar-refractivity contribution in [3.8, 4) is 0 Å². The largest absolute Gasteiger partial charge is 0.406 e. The Hall–Kier alpha value is -1.10. The minimum Gasteiger partial charge on any atom is -0.406 e. The Morgan fingerprint density at radius 1 is 1.32 bits per heavy atom. The molecule has 5 nitrogen and oxygen atoms in total. The Labute approximate surface area is 115 Å². The Kier molecular flexibility index (Phi) is 4.45. The molecule has 2 heterocycles. The van der Waals surface area contributed by atoms with Gasteiger partial charge in [0.05, 0.1) is 6.04 Å². The topological polar surface area (TPSA) is 54.2 Å². The highest BCUT2D eigenvalue weighted by Crippen LogP contribution is 2.38. The SMILES string of the molecule is CCNC(C)c1nnc(N2CCC(CC)(CC)C2)o1. The monoisotopic (exact) mass is 266 g/mol. The Balaban J connectivity index is 2.04. The van der Waals surface area contributed by atoms with Gasteiger partial charge in [-0.2, -0.15) is 0 Å². The lowest BCUT2D eigenvalue weighted by Gasteiger charge is -2.25. The summed E-state index contributed by atoms with van der Waals surface area (Å²) < 4.78 is 5.81. The predicted molar refractivity (Wildman–Crippen MR) is 76.2 cm³/mol. The number of rotatable bonds is 6. The van der Waals surface area contributed by atoms with E-state index in [0.717, 1.165) is 19.6 Å². The molecule has 1 aliphatic rings. The summed E-state index contributed by atoms with van der Waals surface area (Å²) >= 11 is 0. The first kappa shape index (κ1) is 14.3. The van der Waals surface area contributed by atoms with Crippen molar-refractivity contribution in [3.05, 3.63) is 5.89 Å². The molecule has 1 saturated heterocycles. The van der Waals surface area contributed by atoms with E-state index >= 15 is 0 Å². The summed E-state index contributed by atoms with van der Waals surface area (Å²) in [5.74, 6) is 0.683. The lowest BCUT2D eigenvalue weighted by Crippen LogP contribution is -2.26. The first-order valence-corrected chi connectivity index (χ1v) is 7.46. The maximum atomic E-state index is 5.81. The van der Waals surface area contributed by atoms with Crippen molar-refractivity contribution in [2.24, 2.45) is 5.41 Å². The van der Waals surface area contributed by atoms with Crippen LogP contribution in [0, 0.1) is 5.41 Å². The van der Waals surface area contributed by atoms with E-state index in [-0.39, 0.29) is 6.04 Å². The zero-order valence-corrected chi connectivity index (χ0v) is 12.6. The van der Waals surface area contributed by atoms with E-state index in [0.29, 0.717) is 17.3 Å². The molecule has 1 aromatic heterocycles. The molecule has 108 valence electrons. The molecular weight excluding hydrogens is 240 g/mol. The molecule has 1 aromatic rings. The van der Waals surface area contributed by atoms with Crippen molar-refractivity contribution in [1.29, 1.82) is 0 Å². The highest BCUT2D eigenvalue weighted by molar-refractivity contribution is 5.28. The van der Waals surface area contributed by atoms with Gasteiger partial charge in [0.2, 0.25) is 5.89 Å². The maximum Gasteiger partial charge on any atom is 0.318 e. The third kappa shape index (κ3) is 2.91. The van der Waals surface area contributed by atoms with Gasteiger partial charge in [0.25, 0.3) is 0 Å². The van der Waals surface area contributed by atoms with E-state index in [2.05, 4.69) is 41.2 Å². The molecule has 5 heteroatoms. The first-order chi connectivity index (χ1) is 9.14. The average Bonchev–Trinajstić information content (AvgIpc) is 3.06. The molecule has 0 aliphatic carbocycles. The van der Waals surface area contributed by atoms with Gasteiger partial charge in [-0.05, 0) is 38.1 Å². The lowest BCUT2D eigenvalue weighted by molar-refractivity contribution is 0.299. The van der Waals surface area contributed by atoms with Gasteiger partial charge >= 0.3 is 6.01 Å².